The van der Waals surface area contributed by atoms with E-state index in [4.69, 9.17) is 21.3 Å². The van der Waals surface area contributed by atoms with Crippen molar-refractivity contribution in [2.45, 2.75) is 25.4 Å². The second kappa shape index (κ2) is 5.44. The Morgan fingerprint density at radius 2 is 2.14 bits per heavy atom. The van der Waals surface area contributed by atoms with Crippen molar-refractivity contribution in [3.63, 3.8) is 0 Å². The molecule has 0 bridgehead atoms. The van der Waals surface area contributed by atoms with Gasteiger partial charge in [-0.1, -0.05) is 11.6 Å². The SMILES string of the molecule is Clc1ccc(-c2nc3c([nH]2)CN([C@@H]2CCOC2)CC3)cc1. The molecule has 0 amide bonds. The maximum atomic E-state index is 5.94. The van der Waals surface area contributed by atoms with Gasteiger partial charge in [0.25, 0.3) is 0 Å². The van der Waals surface area contributed by atoms with Gasteiger partial charge in [0, 0.05) is 42.7 Å². The molecule has 1 atom stereocenters. The van der Waals surface area contributed by atoms with Gasteiger partial charge in [-0.2, -0.15) is 0 Å². The molecular formula is C16H18ClN3O. The maximum absolute atomic E-state index is 5.94. The number of rotatable bonds is 2. The van der Waals surface area contributed by atoms with Crippen molar-refractivity contribution in [1.82, 2.24) is 14.9 Å². The number of fused-ring (bicyclic) bond motifs is 1. The van der Waals surface area contributed by atoms with Crippen LogP contribution in [0.25, 0.3) is 11.4 Å². The van der Waals surface area contributed by atoms with Gasteiger partial charge < -0.3 is 9.72 Å². The molecule has 0 unspecified atom stereocenters. The molecule has 1 N–H and O–H groups in total. The highest BCUT2D eigenvalue weighted by molar-refractivity contribution is 6.30. The van der Waals surface area contributed by atoms with E-state index < -0.39 is 0 Å². The predicted octanol–water partition coefficient (Wildman–Crippen LogP) is 2.88. The molecule has 2 aromatic rings. The molecular weight excluding hydrogens is 286 g/mol. The van der Waals surface area contributed by atoms with Crippen LogP contribution in [0.2, 0.25) is 5.02 Å². The molecule has 1 fully saturated rings. The van der Waals surface area contributed by atoms with E-state index >= 15 is 0 Å². The van der Waals surface area contributed by atoms with E-state index in [1.165, 1.54) is 11.4 Å². The summed E-state index contributed by atoms with van der Waals surface area (Å²) in [6.07, 6.45) is 2.16. The lowest BCUT2D eigenvalue weighted by Crippen LogP contribution is -2.39. The highest BCUT2D eigenvalue weighted by Gasteiger charge is 2.28. The molecule has 1 saturated heterocycles. The number of benzene rings is 1. The van der Waals surface area contributed by atoms with Gasteiger partial charge >= 0.3 is 0 Å². The highest BCUT2D eigenvalue weighted by atomic mass is 35.5. The standard InChI is InChI=1S/C16H18ClN3O/c17-12-3-1-11(2-4-12)16-18-14-5-7-20(9-15(14)19-16)13-6-8-21-10-13/h1-4,13H,5-10H2,(H,18,19)/t13-/m1/s1. The molecule has 0 saturated carbocycles. The van der Waals surface area contributed by atoms with E-state index in [-0.39, 0.29) is 0 Å². The van der Waals surface area contributed by atoms with Crippen molar-refractivity contribution < 1.29 is 4.74 Å². The van der Waals surface area contributed by atoms with Crippen LogP contribution in [0.5, 0.6) is 0 Å². The lowest BCUT2D eigenvalue weighted by atomic mass is 10.1. The molecule has 2 aliphatic heterocycles. The van der Waals surface area contributed by atoms with Gasteiger partial charge in [-0.3, -0.25) is 4.90 Å². The smallest absolute Gasteiger partial charge is 0.137 e. The number of aromatic amines is 1. The molecule has 0 aliphatic carbocycles. The Kier molecular flexibility index (Phi) is 3.45. The van der Waals surface area contributed by atoms with E-state index in [1.54, 1.807) is 0 Å². The fourth-order valence-electron chi connectivity index (χ4n) is 3.18. The molecule has 110 valence electrons. The van der Waals surface area contributed by atoms with Gasteiger partial charge in [-0.15, -0.1) is 0 Å². The summed E-state index contributed by atoms with van der Waals surface area (Å²) in [4.78, 5) is 10.8. The third-order valence-corrected chi connectivity index (χ3v) is 4.65. The molecule has 0 spiro atoms. The molecule has 4 rings (SSSR count). The number of nitrogens with zero attached hydrogens (tertiary/aromatic N) is 2. The van der Waals surface area contributed by atoms with Crippen molar-refractivity contribution in [2.75, 3.05) is 19.8 Å². The fourth-order valence-corrected chi connectivity index (χ4v) is 3.31. The first kappa shape index (κ1) is 13.3. The fraction of sp³-hybridized carbons (Fsp3) is 0.438. The van der Waals surface area contributed by atoms with Gasteiger partial charge in [0.05, 0.1) is 18.0 Å². The molecule has 21 heavy (non-hydrogen) atoms. The van der Waals surface area contributed by atoms with Crippen LogP contribution in [0.15, 0.2) is 24.3 Å². The molecule has 3 heterocycles. The number of hydrogen-bond acceptors (Lipinski definition) is 3. The molecule has 5 heteroatoms. The summed E-state index contributed by atoms with van der Waals surface area (Å²) in [5, 5.41) is 0.752. The Bertz CT molecular complexity index is 631. The summed E-state index contributed by atoms with van der Waals surface area (Å²) in [6, 6.07) is 8.39. The van der Waals surface area contributed by atoms with Crippen LogP contribution in [-0.2, 0) is 17.7 Å². The second-order valence-corrected chi connectivity index (χ2v) is 6.19. The van der Waals surface area contributed by atoms with Gasteiger partial charge in [-0.05, 0) is 30.7 Å². The Morgan fingerprint density at radius 1 is 1.29 bits per heavy atom. The van der Waals surface area contributed by atoms with Crippen LogP contribution in [-0.4, -0.2) is 40.7 Å². The summed E-state index contributed by atoms with van der Waals surface area (Å²) in [5.41, 5.74) is 3.54. The van der Waals surface area contributed by atoms with Crippen LogP contribution in [0.4, 0.5) is 0 Å². The Balaban J connectivity index is 1.57. The van der Waals surface area contributed by atoms with Gasteiger partial charge in [0.1, 0.15) is 5.82 Å². The summed E-state index contributed by atoms with van der Waals surface area (Å²) in [7, 11) is 0. The van der Waals surface area contributed by atoms with E-state index in [0.29, 0.717) is 6.04 Å². The summed E-state index contributed by atoms with van der Waals surface area (Å²) >= 11 is 5.94. The van der Waals surface area contributed by atoms with Crippen LogP contribution < -0.4 is 0 Å². The van der Waals surface area contributed by atoms with Crippen molar-refractivity contribution in [1.29, 1.82) is 0 Å². The maximum Gasteiger partial charge on any atom is 0.137 e. The number of H-pyrrole nitrogens is 1. The van der Waals surface area contributed by atoms with Gasteiger partial charge in [0.15, 0.2) is 0 Å². The van der Waals surface area contributed by atoms with Crippen LogP contribution in [0, 0.1) is 0 Å². The van der Waals surface area contributed by atoms with Crippen molar-refractivity contribution in [3.8, 4) is 11.4 Å². The zero-order valence-electron chi connectivity index (χ0n) is 11.8. The average Bonchev–Trinajstić information content (AvgIpc) is 3.16. The molecule has 4 nitrogen and oxygen atoms in total. The Labute approximate surface area is 129 Å². The normalized spacial score (nSPS) is 22.4. The minimum Gasteiger partial charge on any atom is -0.380 e. The summed E-state index contributed by atoms with van der Waals surface area (Å²) in [6.45, 7) is 3.79. The first-order chi connectivity index (χ1) is 10.3. The van der Waals surface area contributed by atoms with Gasteiger partial charge in [-0.25, -0.2) is 4.98 Å². The zero-order chi connectivity index (χ0) is 14.2. The van der Waals surface area contributed by atoms with Crippen molar-refractivity contribution in [3.05, 3.63) is 40.7 Å². The third-order valence-electron chi connectivity index (χ3n) is 4.40. The lowest BCUT2D eigenvalue weighted by molar-refractivity contribution is 0.133. The van der Waals surface area contributed by atoms with Crippen LogP contribution >= 0.6 is 11.6 Å². The van der Waals surface area contributed by atoms with E-state index in [0.717, 1.165) is 55.6 Å². The largest absolute Gasteiger partial charge is 0.380 e. The lowest BCUT2D eigenvalue weighted by Gasteiger charge is -2.30. The number of hydrogen-bond donors (Lipinski definition) is 1. The summed E-state index contributed by atoms with van der Waals surface area (Å²) < 4.78 is 5.50. The molecule has 1 aromatic heterocycles. The zero-order valence-corrected chi connectivity index (χ0v) is 12.6. The second-order valence-electron chi connectivity index (χ2n) is 5.76. The van der Waals surface area contributed by atoms with Crippen molar-refractivity contribution >= 4 is 11.6 Å². The van der Waals surface area contributed by atoms with E-state index in [1.807, 2.05) is 24.3 Å². The topological polar surface area (TPSA) is 41.2 Å². The Hall–Kier alpha value is -1.36. The van der Waals surface area contributed by atoms with Gasteiger partial charge in [0.2, 0.25) is 0 Å². The predicted molar refractivity (Wildman–Crippen MR) is 82.4 cm³/mol. The first-order valence-corrected chi connectivity index (χ1v) is 7.83. The number of imidazole rings is 1. The monoisotopic (exact) mass is 303 g/mol. The minimum atomic E-state index is 0.570. The molecule has 1 aromatic carbocycles. The van der Waals surface area contributed by atoms with Crippen LogP contribution in [0.1, 0.15) is 17.8 Å². The average molecular weight is 304 g/mol. The Morgan fingerprint density at radius 3 is 2.90 bits per heavy atom. The summed E-state index contributed by atoms with van der Waals surface area (Å²) in [5.74, 6) is 0.946. The highest BCUT2D eigenvalue weighted by Crippen LogP contribution is 2.26. The first-order valence-electron chi connectivity index (χ1n) is 7.45. The van der Waals surface area contributed by atoms with E-state index in [9.17, 15) is 0 Å². The number of nitrogens with one attached hydrogen (secondary N) is 1. The van der Waals surface area contributed by atoms with E-state index in [2.05, 4.69) is 9.88 Å². The number of ether oxygens (including phenoxy) is 1. The van der Waals surface area contributed by atoms with Crippen LogP contribution in [0.3, 0.4) is 0 Å². The quantitative estimate of drug-likeness (QED) is 0.927. The third kappa shape index (κ3) is 2.59. The molecule has 2 aliphatic rings. The number of aromatic nitrogens is 2. The number of halogens is 1. The minimum absolute atomic E-state index is 0.570. The molecule has 0 radical (unpaired) electrons. The van der Waals surface area contributed by atoms with Crippen molar-refractivity contribution in [2.24, 2.45) is 0 Å².